The molecule has 7 nitrogen and oxygen atoms in total. The van der Waals surface area contributed by atoms with E-state index in [1.165, 1.54) is 18.4 Å². The summed E-state index contributed by atoms with van der Waals surface area (Å²) in [4.78, 5) is 28.4. The Labute approximate surface area is 156 Å². The molecule has 1 amide bonds. The van der Waals surface area contributed by atoms with Gasteiger partial charge in [0, 0.05) is 18.5 Å². The molecule has 0 aliphatic carbocycles. The van der Waals surface area contributed by atoms with Gasteiger partial charge in [0.15, 0.2) is 0 Å². The number of carbonyl (C=O) groups is 2. The van der Waals surface area contributed by atoms with Crippen LogP contribution in [0.3, 0.4) is 0 Å². The van der Waals surface area contributed by atoms with Crippen LogP contribution >= 0.6 is 11.3 Å². The molecule has 2 aromatic rings. The SMILES string of the molecule is CCOc1ccc(CC(CNC(=O)c2csc(CN)n2)C(=O)OC)cc1. The van der Waals surface area contributed by atoms with Crippen molar-refractivity contribution in [3.63, 3.8) is 0 Å². The Bertz CT molecular complexity index is 730. The minimum Gasteiger partial charge on any atom is -0.494 e. The first kappa shape index (κ1) is 19.9. The second-order valence-corrected chi connectivity index (χ2v) is 6.48. The number of nitrogens with one attached hydrogen (secondary N) is 1. The molecule has 140 valence electrons. The van der Waals surface area contributed by atoms with Crippen LogP contribution in [-0.2, 0) is 22.5 Å². The van der Waals surface area contributed by atoms with Gasteiger partial charge in [0.2, 0.25) is 0 Å². The van der Waals surface area contributed by atoms with Gasteiger partial charge in [0.05, 0.1) is 19.6 Å². The molecule has 3 N–H and O–H groups in total. The topological polar surface area (TPSA) is 104 Å². The van der Waals surface area contributed by atoms with Gasteiger partial charge in [-0.05, 0) is 31.0 Å². The van der Waals surface area contributed by atoms with Gasteiger partial charge in [-0.2, -0.15) is 0 Å². The molecule has 1 heterocycles. The molecule has 0 fully saturated rings. The first-order chi connectivity index (χ1) is 12.6. The van der Waals surface area contributed by atoms with Crippen LogP contribution < -0.4 is 15.8 Å². The Morgan fingerprint density at radius 3 is 2.62 bits per heavy atom. The lowest BCUT2D eigenvalue weighted by Gasteiger charge is -2.15. The standard InChI is InChI=1S/C18H23N3O4S/c1-3-25-14-6-4-12(5-7-14)8-13(18(23)24-2)10-20-17(22)15-11-26-16(9-19)21-15/h4-7,11,13H,3,8-10,19H2,1-2H3,(H,20,22). The molecule has 1 atom stereocenters. The van der Waals surface area contributed by atoms with Gasteiger partial charge < -0.3 is 20.5 Å². The largest absolute Gasteiger partial charge is 0.494 e. The van der Waals surface area contributed by atoms with Gasteiger partial charge >= 0.3 is 5.97 Å². The monoisotopic (exact) mass is 377 g/mol. The normalized spacial score (nSPS) is 11.7. The van der Waals surface area contributed by atoms with Gasteiger partial charge in [-0.3, -0.25) is 9.59 Å². The summed E-state index contributed by atoms with van der Waals surface area (Å²) in [5.41, 5.74) is 6.77. The van der Waals surface area contributed by atoms with Crippen molar-refractivity contribution in [3.05, 3.63) is 45.9 Å². The van der Waals surface area contributed by atoms with E-state index in [0.717, 1.165) is 11.3 Å². The first-order valence-corrected chi connectivity index (χ1v) is 9.17. The minimum atomic E-state index is -0.491. The van der Waals surface area contributed by atoms with Gasteiger partial charge in [-0.25, -0.2) is 4.98 Å². The number of hydrogen-bond acceptors (Lipinski definition) is 7. The Morgan fingerprint density at radius 1 is 1.31 bits per heavy atom. The molecule has 8 heteroatoms. The van der Waals surface area contributed by atoms with E-state index in [0.29, 0.717) is 30.3 Å². The Morgan fingerprint density at radius 2 is 2.04 bits per heavy atom. The smallest absolute Gasteiger partial charge is 0.310 e. The fourth-order valence-electron chi connectivity index (χ4n) is 2.39. The molecule has 0 aliphatic heterocycles. The Balaban J connectivity index is 1.98. The van der Waals surface area contributed by atoms with Crippen molar-refractivity contribution in [3.8, 4) is 5.75 Å². The van der Waals surface area contributed by atoms with Crippen LogP contribution in [0.1, 0.15) is 28.0 Å². The van der Waals surface area contributed by atoms with Crippen molar-refractivity contribution >= 4 is 23.2 Å². The Hall–Kier alpha value is -2.45. The number of esters is 1. The van der Waals surface area contributed by atoms with Crippen molar-refractivity contribution in [1.29, 1.82) is 0 Å². The number of benzene rings is 1. The van der Waals surface area contributed by atoms with E-state index in [9.17, 15) is 9.59 Å². The van der Waals surface area contributed by atoms with Crippen LogP contribution in [0.25, 0.3) is 0 Å². The fraction of sp³-hybridized carbons (Fsp3) is 0.389. The quantitative estimate of drug-likeness (QED) is 0.646. The number of amides is 1. The molecule has 2 rings (SSSR count). The zero-order valence-corrected chi connectivity index (χ0v) is 15.7. The summed E-state index contributed by atoms with van der Waals surface area (Å²) in [6.45, 7) is 2.97. The first-order valence-electron chi connectivity index (χ1n) is 8.29. The predicted octanol–water partition coefficient (Wildman–Crippen LogP) is 1.76. The molecule has 0 saturated heterocycles. The molecular formula is C18H23N3O4S. The summed E-state index contributed by atoms with van der Waals surface area (Å²) in [5.74, 6) is -0.422. The number of ether oxygens (including phenoxy) is 2. The van der Waals surface area contributed by atoms with Gasteiger partial charge in [-0.15, -0.1) is 11.3 Å². The van der Waals surface area contributed by atoms with Crippen LogP contribution in [-0.4, -0.2) is 37.1 Å². The molecule has 1 aromatic heterocycles. The lowest BCUT2D eigenvalue weighted by Crippen LogP contribution is -2.35. The second kappa shape index (κ2) is 9.88. The number of nitrogens with two attached hydrogens (primary N) is 1. The van der Waals surface area contributed by atoms with E-state index in [2.05, 4.69) is 10.3 Å². The minimum absolute atomic E-state index is 0.161. The van der Waals surface area contributed by atoms with Crippen molar-refractivity contribution in [1.82, 2.24) is 10.3 Å². The highest BCUT2D eigenvalue weighted by molar-refractivity contribution is 7.09. The number of nitrogens with zero attached hydrogens (tertiary/aromatic N) is 1. The maximum Gasteiger partial charge on any atom is 0.310 e. The average molecular weight is 377 g/mol. The van der Waals surface area contributed by atoms with Crippen LogP contribution in [0.15, 0.2) is 29.6 Å². The van der Waals surface area contributed by atoms with Crippen LogP contribution in [0.2, 0.25) is 0 Å². The molecular weight excluding hydrogens is 354 g/mol. The number of aromatic nitrogens is 1. The summed E-state index contributed by atoms with van der Waals surface area (Å²) in [6, 6.07) is 7.51. The average Bonchev–Trinajstić information content (AvgIpc) is 3.15. The van der Waals surface area contributed by atoms with Crippen molar-refractivity contribution in [2.45, 2.75) is 19.9 Å². The van der Waals surface area contributed by atoms with E-state index < -0.39 is 5.92 Å². The van der Waals surface area contributed by atoms with Crippen LogP contribution in [0.5, 0.6) is 5.75 Å². The van der Waals surface area contributed by atoms with E-state index >= 15 is 0 Å². The molecule has 0 bridgehead atoms. The van der Waals surface area contributed by atoms with Crippen LogP contribution in [0, 0.1) is 5.92 Å². The summed E-state index contributed by atoms with van der Waals surface area (Å²) < 4.78 is 10.3. The molecule has 0 aliphatic rings. The molecule has 0 saturated carbocycles. The molecule has 26 heavy (non-hydrogen) atoms. The lowest BCUT2D eigenvalue weighted by molar-refractivity contribution is -0.145. The van der Waals surface area contributed by atoms with E-state index in [-0.39, 0.29) is 18.4 Å². The fourth-order valence-corrected chi connectivity index (χ4v) is 3.05. The van der Waals surface area contributed by atoms with Gasteiger partial charge in [0.25, 0.3) is 5.91 Å². The van der Waals surface area contributed by atoms with Crippen molar-refractivity contribution < 1.29 is 19.1 Å². The number of methoxy groups -OCH3 is 1. The number of carbonyl (C=O) groups excluding carboxylic acids is 2. The van der Waals surface area contributed by atoms with Crippen LogP contribution in [0.4, 0.5) is 0 Å². The highest BCUT2D eigenvalue weighted by Crippen LogP contribution is 2.16. The number of hydrogen-bond donors (Lipinski definition) is 2. The maximum absolute atomic E-state index is 12.2. The highest BCUT2D eigenvalue weighted by atomic mass is 32.1. The molecule has 0 spiro atoms. The van der Waals surface area contributed by atoms with Gasteiger partial charge in [0.1, 0.15) is 16.5 Å². The Kier molecular flexibility index (Phi) is 7.55. The summed E-state index contributed by atoms with van der Waals surface area (Å²) in [6.07, 6.45) is 0.449. The summed E-state index contributed by atoms with van der Waals surface area (Å²) in [7, 11) is 1.34. The third-order valence-corrected chi connectivity index (χ3v) is 4.59. The zero-order chi connectivity index (χ0) is 18.9. The molecule has 1 unspecified atom stereocenters. The van der Waals surface area contributed by atoms with Crippen molar-refractivity contribution in [2.24, 2.45) is 11.7 Å². The summed E-state index contributed by atoms with van der Waals surface area (Å²) >= 11 is 1.33. The van der Waals surface area contributed by atoms with E-state index in [1.54, 1.807) is 5.38 Å². The number of rotatable bonds is 9. The van der Waals surface area contributed by atoms with E-state index in [1.807, 2.05) is 31.2 Å². The van der Waals surface area contributed by atoms with Gasteiger partial charge in [-0.1, -0.05) is 12.1 Å². The van der Waals surface area contributed by atoms with Crippen molar-refractivity contribution in [2.75, 3.05) is 20.3 Å². The highest BCUT2D eigenvalue weighted by Gasteiger charge is 2.21. The second-order valence-electron chi connectivity index (χ2n) is 5.54. The third-order valence-electron chi connectivity index (χ3n) is 3.72. The maximum atomic E-state index is 12.2. The molecule has 1 aromatic carbocycles. The lowest BCUT2D eigenvalue weighted by atomic mass is 9.99. The zero-order valence-electron chi connectivity index (χ0n) is 14.9. The summed E-state index contributed by atoms with van der Waals surface area (Å²) in [5, 5.41) is 5.08. The predicted molar refractivity (Wildman–Crippen MR) is 99.2 cm³/mol. The third kappa shape index (κ3) is 5.53. The number of thiazole rings is 1. The van der Waals surface area contributed by atoms with E-state index in [4.69, 9.17) is 15.2 Å². The molecule has 0 radical (unpaired) electrons.